The van der Waals surface area contributed by atoms with Gasteiger partial charge in [0.2, 0.25) is 5.91 Å². The standard InChI is InChI=1S/C20H35N7O.HI/c1-17-8-4-6-10-25(17)11-7-5-9-22-20(21-2)26-12-13-27(19(28)16-26)18-14-23-24(3)15-18;/h14-15,17H,4-13,16H2,1-3H3,(H,21,22);1H. The Balaban J connectivity index is 0.00000300. The molecular formula is C20H36IN7O. The number of aryl methyl sites for hydroxylation is 1. The number of aromatic nitrogens is 2. The molecule has 2 fully saturated rings. The Hall–Kier alpha value is -1.36. The van der Waals surface area contributed by atoms with Crippen LogP contribution < -0.4 is 10.2 Å². The zero-order valence-electron chi connectivity index (χ0n) is 18.0. The first-order valence-electron chi connectivity index (χ1n) is 10.6. The number of piperazine rings is 1. The Morgan fingerprint density at radius 1 is 1.28 bits per heavy atom. The number of nitrogens with zero attached hydrogens (tertiary/aromatic N) is 6. The van der Waals surface area contributed by atoms with Crippen LogP contribution in [0.2, 0.25) is 0 Å². The number of carbonyl (C=O) groups excluding carboxylic acids is 1. The molecule has 29 heavy (non-hydrogen) atoms. The molecule has 0 aromatic carbocycles. The maximum Gasteiger partial charge on any atom is 0.246 e. The van der Waals surface area contributed by atoms with Gasteiger partial charge in [-0.15, -0.1) is 24.0 Å². The summed E-state index contributed by atoms with van der Waals surface area (Å²) in [5.74, 6) is 0.909. The minimum Gasteiger partial charge on any atom is -0.356 e. The van der Waals surface area contributed by atoms with Gasteiger partial charge in [0.15, 0.2) is 5.96 Å². The molecule has 1 aromatic heterocycles. The molecule has 1 atom stereocenters. The monoisotopic (exact) mass is 517 g/mol. The molecule has 2 aliphatic rings. The average Bonchev–Trinajstić information content (AvgIpc) is 3.12. The van der Waals surface area contributed by atoms with E-state index in [4.69, 9.17) is 0 Å². The maximum atomic E-state index is 12.6. The molecule has 1 aromatic rings. The van der Waals surface area contributed by atoms with Crippen molar-refractivity contribution in [1.82, 2.24) is 24.9 Å². The maximum absolute atomic E-state index is 12.6. The van der Waals surface area contributed by atoms with Crippen LogP contribution in [-0.2, 0) is 11.8 Å². The van der Waals surface area contributed by atoms with Crippen LogP contribution in [0.1, 0.15) is 39.0 Å². The summed E-state index contributed by atoms with van der Waals surface area (Å²) < 4.78 is 1.72. The lowest BCUT2D eigenvalue weighted by atomic mass is 10.0. The van der Waals surface area contributed by atoms with Crippen molar-refractivity contribution in [3.8, 4) is 0 Å². The van der Waals surface area contributed by atoms with Gasteiger partial charge < -0.3 is 20.0 Å². The number of likely N-dealkylation sites (tertiary alicyclic amines) is 1. The fourth-order valence-corrected chi connectivity index (χ4v) is 4.14. The van der Waals surface area contributed by atoms with Crippen LogP contribution in [0, 0.1) is 0 Å². The van der Waals surface area contributed by atoms with Gasteiger partial charge in [-0.05, 0) is 45.7 Å². The van der Waals surface area contributed by atoms with Crippen LogP contribution in [-0.4, -0.2) is 83.8 Å². The van der Waals surface area contributed by atoms with Crippen LogP contribution in [0.25, 0.3) is 0 Å². The van der Waals surface area contributed by atoms with E-state index in [1.807, 2.05) is 18.1 Å². The van der Waals surface area contributed by atoms with E-state index in [1.54, 1.807) is 22.8 Å². The Labute approximate surface area is 191 Å². The number of piperidine rings is 1. The van der Waals surface area contributed by atoms with Crippen LogP contribution in [0.3, 0.4) is 0 Å². The summed E-state index contributed by atoms with van der Waals surface area (Å²) in [5.41, 5.74) is 0.863. The zero-order chi connectivity index (χ0) is 19.9. The fourth-order valence-electron chi connectivity index (χ4n) is 4.14. The molecule has 0 radical (unpaired) electrons. The minimum atomic E-state index is 0. The van der Waals surface area contributed by atoms with Crippen LogP contribution >= 0.6 is 24.0 Å². The summed E-state index contributed by atoms with van der Waals surface area (Å²) in [7, 11) is 3.65. The second-order valence-electron chi connectivity index (χ2n) is 7.90. The predicted octanol–water partition coefficient (Wildman–Crippen LogP) is 1.92. The molecule has 3 heterocycles. The summed E-state index contributed by atoms with van der Waals surface area (Å²) >= 11 is 0. The van der Waals surface area contributed by atoms with E-state index in [1.165, 1.54) is 38.8 Å². The lowest BCUT2D eigenvalue weighted by molar-refractivity contribution is -0.120. The Morgan fingerprint density at radius 3 is 2.76 bits per heavy atom. The first kappa shape index (κ1) is 23.9. The Bertz CT molecular complexity index is 678. The van der Waals surface area contributed by atoms with Gasteiger partial charge in [0, 0.05) is 46.0 Å². The van der Waals surface area contributed by atoms with Crippen molar-refractivity contribution in [2.75, 3.05) is 51.2 Å². The third-order valence-corrected chi connectivity index (χ3v) is 5.83. The quantitative estimate of drug-likeness (QED) is 0.270. The predicted molar refractivity (Wildman–Crippen MR) is 128 cm³/mol. The summed E-state index contributed by atoms with van der Waals surface area (Å²) in [6, 6.07) is 0.733. The van der Waals surface area contributed by atoms with Gasteiger partial charge in [-0.25, -0.2) is 0 Å². The number of anilines is 1. The average molecular weight is 517 g/mol. The smallest absolute Gasteiger partial charge is 0.246 e. The Kier molecular flexibility index (Phi) is 9.67. The third kappa shape index (κ3) is 6.56. The van der Waals surface area contributed by atoms with E-state index in [0.717, 1.165) is 37.2 Å². The van der Waals surface area contributed by atoms with Gasteiger partial charge in [-0.3, -0.25) is 14.5 Å². The minimum absolute atomic E-state index is 0. The SMILES string of the molecule is CN=C(NCCCCN1CCCCC1C)N1CCN(c2cnn(C)c2)C(=O)C1.I. The third-order valence-electron chi connectivity index (χ3n) is 5.83. The van der Waals surface area contributed by atoms with Crippen LogP contribution in [0.15, 0.2) is 17.4 Å². The number of rotatable bonds is 6. The van der Waals surface area contributed by atoms with Gasteiger partial charge >= 0.3 is 0 Å². The number of hydrogen-bond donors (Lipinski definition) is 1. The number of halogens is 1. The molecule has 1 amide bonds. The molecule has 0 spiro atoms. The summed E-state index contributed by atoms with van der Waals surface area (Å²) in [5, 5.41) is 7.60. The highest BCUT2D eigenvalue weighted by atomic mass is 127. The van der Waals surface area contributed by atoms with E-state index in [2.05, 4.69) is 27.2 Å². The number of unbranched alkanes of at least 4 members (excludes halogenated alkanes) is 1. The highest BCUT2D eigenvalue weighted by Gasteiger charge is 2.27. The molecule has 3 rings (SSSR count). The number of aliphatic imine (C=N–C) groups is 1. The van der Waals surface area contributed by atoms with Crippen molar-refractivity contribution in [3.05, 3.63) is 12.4 Å². The molecule has 2 saturated heterocycles. The van der Waals surface area contributed by atoms with Crippen molar-refractivity contribution < 1.29 is 4.79 Å². The molecule has 0 aliphatic carbocycles. The number of nitrogens with one attached hydrogen (secondary N) is 1. The van der Waals surface area contributed by atoms with Crippen molar-refractivity contribution in [1.29, 1.82) is 0 Å². The van der Waals surface area contributed by atoms with Gasteiger partial charge in [0.25, 0.3) is 0 Å². The van der Waals surface area contributed by atoms with Crippen LogP contribution in [0.4, 0.5) is 5.69 Å². The fraction of sp³-hybridized carbons (Fsp3) is 0.750. The van der Waals surface area contributed by atoms with E-state index in [0.29, 0.717) is 13.1 Å². The van der Waals surface area contributed by atoms with Crippen molar-refractivity contribution in [2.45, 2.75) is 45.1 Å². The number of amides is 1. The second-order valence-corrected chi connectivity index (χ2v) is 7.90. The molecule has 0 bridgehead atoms. The largest absolute Gasteiger partial charge is 0.356 e. The summed E-state index contributed by atoms with van der Waals surface area (Å²) in [4.78, 5) is 23.4. The van der Waals surface area contributed by atoms with Crippen molar-refractivity contribution in [3.63, 3.8) is 0 Å². The highest BCUT2D eigenvalue weighted by molar-refractivity contribution is 14.0. The highest BCUT2D eigenvalue weighted by Crippen LogP contribution is 2.17. The molecule has 0 saturated carbocycles. The summed E-state index contributed by atoms with van der Waals surface area (Å²) in [6.45, 7) is 7.44. The van der Waals surface area contributed by atoms with Crippen LogP contribution in [0.5, 0.6) is 0 Å². The van der Waals surface area contributed by atoms with Crippen molar-refractivity contribution in [2.24, 2.45) is 12.0 Å². The Morgan fingerprint density at radius 2 is 2.10 bits per heavy atom. The molecular weight excluding hydrogens is 481 g/mol. The second kappa shape index (κ2) is 11.7. The molecule has 8 nitrogen and oxygen atoms in total. The normalized spacial score (nSPS) is 21.3. The molecule has 164 valence electrons. The zero-order valence-corrected chi connectivity index (χ0v) is 20.3. The lowest BCUT2D eigenvalue weighted by Gasteiger charge is -2.35. The summed E-state index contributed by atoms with van der Waals surface area (Å²) in [6.07, 6.45) is 9.99. The molecule has 2 aliphatic heterocycles. The molecule has 1 unspecified atom stereocenters. The van der Waals surface area contributed by atoms with E-state index in [-0.39, 0.29) is 29.9 Å². The van der Waals surface area contributed by atoms with Gasteiger partial charge in [0.05, 0.1) is 11.9 Å². The van der Waals surface area contributed by atoms with Crippen molar-refractivity contribution >= 4 is 41.5 Å². The number of carbonyl (C=O) groups is 1. The molecule has 9 heteroatoms. The first-order chi connectivity index (χ1) is 13.6. The molecule has 1 N–H and O–H groups in total. The number of hydrogen-bond acceptors (Lipinski definition) is 4. The van der Waals surface area contributed by atoms with E-state index in [9.17, 15) is 4.79 Å². The number of guanidine groups is 1. The lowest BCUT2D eigenvalue weighted by Crippen LogP contribution is -2.55. The van der Waals surface area contributed by atoms with Gasteiger partial charge in [-0.1, -0.05) is 6.42 Å². The van der Waals surface area contributed by atoms with E-state index >= 15 is 0 Å². The van der Waals surface area contributed by atoms with Gasteiger partial charge in [-0.2, -0.15) is 5.10 Å². The van der Waals surface area contributed by atoms with Gasteiger partial charge in [0.1, 0.15) is 6.54 Å². The topological polar surface area (TPSA) is 69.0 Å². The first-order valence-corrected chi connectivity index (χ1v) is 10.6. The van der Waals surface area contributed by atoms with E-state index < -0.39 is 0 Å².